The number of amides is 1. The van der Waals surface area contributed by atoms with Crippen molar-refractivity contribution in [1.29, 1.82) is 0 Å². The smallest absolute Gasteiger partial charge is 0.254 e. The lowest BCUT2D eigenvalue weighted by atomic mass is 9.78. The van der Waals surface area contributed by atoms with Gasteiger partial charge in [0.05, 0.1) is 23.7 Å². The summed E-state index contributed by atoms with van der Waals surface area (Å²) in [5.41, 5.74) is 0.176. The van der Waals surface area contributed by atoms with Gasteiger partial charge in [0.25, 0.3) is 5.91 Å². The Morgan fingerprint density at radius 3 is 2.24 bits per heavy atom. The highest BCUT2D eigenvalue weighted by atomic mass is 19.1. The highest BCUT2D eigenvalue weighted by Gasteiger charge is 2.45. The summed E-state index contributed by atoms with van der Waals surface area (Å²) in [6.07, 6.45) is 13.0. The number of carbonyl (C=O) groups excluding carboxylic acids is 1. The monoisotopic (exact) mass is 345 g/mol. The molecule has 2 unspecified atom stereocenters. The van der Waals surface area contributed by atoms with Crippen molar-refractivity contribution in [1.82, 2.24) is 5.32 Å². The Kier molecular flexibility index (Phi) is 5.07. The van der Waals surface area contributed by atoms with Crippen LogP contribution in [0.5, 0.6) is 0 Å². The summed E-state index contributed by atoms with van der Waals surface area (Å²) in [6, 6.07) is 8.70. The topological polar surface area (TPSA) is 33.5 Å². The Balaban J connectivity index is 1.43. The largest absolute Gasteiger partial charge is 0.349 e. The Morgan fingerprint density at radius 1 is 0.920 bits per heavy atom. The Bertz CT molecular complexity index is 600. The van der Waals surface area contributed by atoms with E-state index < -0.39 is 5.82 Å². The maximum Gasteiger partial charge on any atom is 0.254 e. The number of nitrogens with one attached hydrogen (secondary N) is 2. The third-order valence-corrected chi connectivity index (χ3v) is 6.72. The van der Waals surface area contributed by atoms with Gasteiger partial charge in [-0.3, -0.25) is 4.79 Å². The molecular weight excluding hydrogens is 315 g/mol. The van der Waals surface area contributed by atoms with Crippen LogP contribution < -0.4 is 10.2 Å². The number of benzene rings is 1. The van der Waals surface area contributed by atoms with Crippen LogP contribution in [0, 0.1) is 5.82 Å². The summed E-state index contributed by atoms with van der Waals surface area (Å²) in [4.78, 5) is 14.3. The number of hydrogen-bond donors (Lipinski definition) is 2. The van der Waals surface area contributed by atoms with Crippen molar-refractivity contribution in [2.45, 2.75) is 88.4 Å². The molecule has 1 aromatic carbocycles. The van der Waals surface area contributed by atoms with Gasteiger partial charge in [0.1, 0.15) is 5.82 Å². The van der Waals surface area contributed by atoms with E-state index in [9.17, 15) is 9.18 Å². The lowest BCUT2D eigenvalue weighted by molar-refractivity contribution is -0.984. The third kappa shape index (κ3) is 3.59. The SMILES string of the molecule is O=C(NC1C[C@H]2CCC[C@@H](C1)[NH+]2C1CCCCC1)c1ccccc1F. The van der Waals surface area contributed by atoms with Gasteiger partial charge in [-0.2, -0.15) is 0 Å². The normalized spacial score (nSPS) is 33.0. The van der Waals surface area contributed by atoms with Gasteiger partial charge >= 0.3 is 0 Å². The summed E-state index contributed by atoms with van der Waals surface area (Å²) in [6.45, 7) is 0. The van der Waals surface area contributed by atoms with Crippen molar-refractivity contribution in [3.63, 3.8) is 0 Å². The Labute approximate surface area is 150 Å². The van der Waals surface area contributed by atoms with Crippen LogP contribution in [0.2, 0.25) is 0 Å². The number of halogens is 1. The highest BCUT2D eigenvalue weighted by molar-refractivity contribution is 5.94. The quantitative estimate of drug-likeness (QED) is 0.868. The molecule has 2 aliphatic heterocycles. The maximum absolute atomic E-state index is 13.9. The number of rotatable bonds is 3. The lowest BCUT2D eigenvalue weighted by Gasteiger charge is -2.50. The van der Waals surface area contributed by atoms with Gasteiger partial charge in [-0.25, -0.2) is 4.39 Å². The fourth-order valence-corrected chi connectivity index (χ4v) is 5.70. The van der Waals surface area contributed by atoms with Crippen LogP contribution >= 0.6 is 0 Å². The Hall–Kier alpha value is -1.42. The average Bonchev–Trinajstić information content (AvgIpc) is 2.62. The molecule has 0 radical (unpaired) electrons. The van der Waals surface area contributed by atoms with Gasteiger partial charge in [-0.1, -0.05) is 18.6 Å². The van der Waals surface area contributed by atoms with E-state index in [-0.39, 0.29) is 17.5 Å². The number of quaternary nitrogens is 1. The molecule has 2 bridgehead atoms. The lowest BCUT2D eigenvalue weighted by Crippen LogP contribution is -3.24. The maximum atomic E-state index is 13.9. The molecule has 4 heteroatoms. The van der Waals surface area contributed by atoms with Crippen LogP contribution in [0.25, 0.3) is 0 Å². The van der Waals surface area contributed by atoms with Crippen LogP contribution in [-0.2, 0) is 0 Å². The molecular formula is C21H30FN2O+. The first-order valence-electron chi connectivity index (χ1n) is 10.1. The summed E-state index contributed by atoms with van der Waals surface area (Å²) >= 11 is 0. The molecule has 25 heavy (non-hydrogen) atoms. The molecule has 2 heterocycles. The van der Waals surface area contributed by atoms with Crippen LogP contribution in [0.4, 0.5) is 4.39 Å². The number of piperidine rings is 2. The third-order valence-electron chi connectivity index (χ3n) is 6.72. The molecule has 3 nitrogen and oxygen atoms in total. The molecule has 1 amide bonds. The minimum atomic E-state index is -0.425. The second-order valence-electron chi connectivity index (χ2n) is 8.28. The van der Waals surface area contributed by atoms with Gasteiger partial charge < -0.3 is 10.2 Å². The molecule has 4 rings (SSSR count). The summed E-state index contributed by atoms with van der Waals surface area (Å²) < 4.78 is 13.9. The standard InChI is InChI=1S/C21H29FN2O/c22-20-12-5-4-11-19(20)21(25)23-15-13-17-9-6-10-18(14-15)24(17)16-7-2-1-3-8-16/h4-5,11-12,15-18H,1-3,6-10,13-14H2,(H,23,25)/p+1/t15?,17-,18+. The molecule has 1 saturated carbocycles. The number of fused-ring (bicyclic) bond motifs is 2. The molecule has 2 saturated heterocycles. The van der Waals surface area contributed by atoms with Gasteiger partial charge in [-0.05, 0) is 57.1 Å². The second kappa shape index (κ2) is 7.45. The van der Waals surface area contributed by atoms with E-state index in [2.05, 4.69) is 5.32 Å². The molecule has 2 N–H and O–H groups in total. The summed E-state index contributed by atoms with van der Waals surface area (Å²) in [7, 11) is 0. The molecule has 1 aliphatic carbocycles. The zero-order chi connectivity index (χ0) is 17.2. The molecule has 0 spiro atoms. The first-order valence-corrected chi connectivity index (χ1v) is 10.1. The molecule has 3 aliphatic rings. The van der Waals surface area contributed by atoms with Crippen molar-refractivity contribution < 1.29 is 14.1 Å². The van der Waals surface area contributed by atoms with Crippen molar-refractivity contribution in [3.05, 3.63) is 35.6 Å². The number of hydrogen-bond acceptors (Lipinski definition) is 1. The highest BCUT2D eigenvalue weighted by Crippen LogP contribution is 2.26. The van der Waals surface area contributed by atoms with Gasteiger partial charge in [0, 0.05) is 18.9 Å². The van der Waals surface area contributed by atoms with Gasteiger partial charge in [0.15, 0.2) is 0 Å². The Morgan fingerprint density at radius 2 is 1.56 bits per heavy atom. The van der Waals surface area contributed by atoms with Crippen LogP contribution in [0.15, 0.2) is 24.3 Å². The second-order valence-corrected chi connectivity index (χ2v) is 8.28. The van der Waals surface area contributed by atoms with E-state index in [4.69, 9.17) is 0 Å². The molecule has 1 aromatic rings. The van der Waals surface area contributed by atoms with E-state index >= 15 is 0 Å². The molecule has 0 aromatic heterocycles. The van der Waals surface area contributed by atoms with Crippen LogP contribution in [0.3, 0.4) is 0 Å². The van der Waals surface area contributed by atoms with E-state index in [0.29, 0.717) is 12.1 Å². The molecule has 4 atom stereocenters. The van der Waals surface area contributed by atoms with E-state index in [0.717, 1.165) is 18.9 Å². The first-order chi connectivity index (χ1) is 12.2. The van der Waals surface area contributed by atoms with Gasteiger partial charge in [-0.15, -0.1) is 0 Å². The van der Waals surface area contributed by atoms with E-state index in [1.807, 2.05) is 4.90 Å². The van der Waals surface area contributed by atoms with E-state index in [1.165, 1.54) is 57.4 Å². The van der Waals surface area contributed by atoms with Crippen molar-refractivity contribution in [2.24, 2.45) is 0 Å². The zero-order valence-corrected chi connectivity index (χ0v) is 15.0. The van der Waals surface area contributed by atoms with E-state index in [1.54, 1.807) is 18.2 Å². The van der Waals surface area contributed by atoms with Crippen molar-refractivity contribution >= 4 is 5.91 Å². The zero-order valence-electron chi connectivity index (χ0n) is 15.0. The van der Waals surface area contributed by atoms with Crippen molar-refractivity contribution in [2.75, 3.05) is 0 Å². The predicted molar refractivity (Wildman–Crippen MR) is 96.2 cm³/mol. The van der Waals surface area contributed by atoms with Crippen LogP contribution in [-0.4, -0.2) is 30.1 Å². The first kappa shape index (κ1) is 17.0. The molecule has 136 valence electrons. The molecule has 3 fully saturated rings. The minimum Gasteiger partial charge on any atom is -0.349 e. The average molecular weight is 345 g/mol. The van der Waals surface area contributed by atoms with Crippen molar-refractivity contribution in [3.8, 4) is 0 Å². The summed E-state index contributed by atoms with van der Waals surface area (Å²) in [5.74, 6) is -0.673. The fraction of sp³-hybridized carbons (Fsp3) is 0.667. The summed E-state index contributed by atoms with van der Waals surface area (Å²) in [5, 5.41) is 3.14. The fourth-order valence-electron chi connectivity index (χ4n) is 5.70. The van der Waals surface area contributed by atoms with Crippen LogP contribution in [0.1, 0.15) is 74.6 Å². The predicted octanol–water partition coefficient (Wildman–Crippen LogP) is 2.86. The minimum absolute atomic E-state index is 0.176. The number of carbonyl (C=O) groups is 1. The van der Waals surface area contributed by atoms with Gasteiger partial charge in [0.2, 0.25) is 0 Å².